The Morgan fingerprint density at radius 2 is 2.05 bits per heavy atom. The normalized spacial score (nSPS) is 18.9. The lowest BCUT2D eigenvalue weighted by atomic mass is 9.94. The minimum Gasteiger partial charge on any atom is -0.480 e. The number of hydrogen-bond acceptors (Lipinski definition) is 5. The van der Waals surface area contributed by atoms with Gasteiger partial charge in [0, 0.05) is 0 Å². The molecule has 20 heavy (non-hydrogen) atoms. The molecule has 2 heterocycles. The lowest BCUT2D eigenvalue weighted by Crippen LogP contribution is -2.46. The molecule has 0 bridgehead atoms. The number of aliphatic carboxylic acids is 1. The van der Waals surface area contributed by atoms with Crippen LogP contribution >= 0.6 is 34.7 Å². The van der Waals surface area contributed by atoms with E-state index in [9.17, 15) is 18.3 Å². The topological polar surface area (TPSA) is 83.5 Å². The molecule has 0 aliphatic carbocycles. The van der Waals surface area contributed by atoms with Crippen LogP contribution in [-0.4, -0.2) is 37.0 Å². The smallest absolute Gasteiger partial charge is 0.322 e. The Kier molecular flexibility index (Phi) is 5.36. The Hall–Kier alpha value is -0.280. The van der Waals surface area contributed by atoms with Gasteiger partial charge in [0.25, 0.3) is 10.0 Å². The number of carbonyl (C=O) groups is 1. The van der Waals surface area contributed by atoms with Crippen LogP contribution in [0.5, 0.6) is 0 Å². The molecular formula is C11H14ClNO4S3. The van der Waals surface area contributed by atoms with E-state index in [0.29, 0.717) is 17.2 Å². The van der Waals surface area contributed by atoms with Crippen molar-refractivity contribution in [3.8, 4) is 0 Å². The summed E-state index contributed by atoms with van der Waals surface area (Å²) in [5, 5.41) is 9.28. The zero-order valence-corrected chi connectivity index (χ0v) is 13.6. The maximum absolute atomic E-state index is 12.2. The number of carboxylic acid groups (broad SMARTS) is 1. The van der Waals surface area contributed by atoms with E-state index in [-0.39, 0.29) is 10.1 Å². The summed E-state index contributed by atoms with van der Waals surface area (Å²) in [6, 6.07) is 1.78. The van der Waals surface area contributed by atoms with E-state index in [0.717, 1.165) is 22.8 Å². The van der Waals surface area contributed by atoms with Gasteiger partial charge in [-0.15, -0.1) is 11.3 Å². The van der Waals surface area contributed by atoms with Crippen molar-refractivity contribution in [3.05, 3.63) is 16.5 Å². The third kappa shape index (κ3) is 3.88. The average molecular weight is 356 g/mol. The summed E-state index contributed by atoms with van der Waals surface area (Å²) in [5.41, 5.74) is 0. The fourth-order valence-electron chi connectivity index (χ4n) is 2.06. The van der Waals surface area contributed by atoms with E-state index < -0.39 is 22.0 Å². The predicted octanol–water partition coefficient (Wildman–Crippen LogP) is 2.28. The minimum atomic E-state index is -3.84. The van der Waals surface area contributed by atoms with Crippen LogP contribution in [0.15, 0.2) is 16.3 Å². The summed E-state index contributed by atoms with van der Waals surface area (Å²) in [6.45, 7) is 0. The molecule has 1 saturated heterocycles. The van der Waals surface area contributed by atoms with Crippen molar-refractivity contribution in [2.24, 2.45) is 5.92 Å². The van der Waals surface area contributed by atoms with E-state index in [1.807, 2.05) is 0 Å². The first-order chi connectivity index (χ1) is 9.40. The number of sulfonamides is 1. The second kappa shape index (κ2) is 6.65. The van der Waals surface area contributed by atoms with Gasteiger partial charge in [-0.1, -0.05) is 11.6 Å². The van der Waals surface area contributed by atoms with Gasteiger partial charge in [-0.3, -0.25) is 4.79 Å². The number of thioether (sulfide) groups is 1. The van der Waals surface area contributed by atoms with Crippen molar-refractivity contribution in [1.82, 2.24) is 4.72 Å². The highest BCUT2D eigenvalue weighted by atomic mass is 35.5. The highest BCUT2D eigenvalue weighted by molar-refractivity contribution is 7.99. The molecule has 0 aromatic carbocycles. The van der Waals surface area contributed by atoms with Gasteiger partial charge in [-0.2, -0.15) is 16.5 Å². The summed E-state index contributed by atoms with van der Waals surface area (Å²) in [7, 11) is -3.84. The third-order valence-corrected chi connectivity index (χ3v) is 7.31. The Balaban J connectivity index is 2.17. The molecular weight excluding hydrogens is 342 g/mol. The van der Waals surface area contributed by atoms with Crippen molar-refractivity contribution < 1.29 is 18.3 Å². The number of thiophene rings is 1. The quantitative estimate of drug-likeness (QED) is 0.846. The lowest BCUT2D eigenvalue weighted by molar-refractivity contribution is -0.140. The number of carboxylic acids is 1. The van der Waals surface area contributed by atoms with Gasteiger partial charge in [-0.05, 0) is 42.4 Å². The highest BCUT2D eigenvalue weighted by Crippen LogP contribution is 2.29. The number of rotatable bonds is 5. The molecule has 5 nitrogen and oxygen atoms in total. The molecule has 1 aromatic rings. The van der Waals surface area contributed by atoms with E-state index in [4.69, 9.17) is 11.6 Å². The van der Waals surface area contributed by atoms with Crippen LogP contribution < -0.4 is 4.72 Å². The van der Waals surface area contributed by atoms with E-state index in [1.54, 1.807) is 11.8 Å². The zero-order chi connectivity index (χ0) is 14.8. The van der Waals surface area contributed by atoms with Gasteiger partial charge in [0.15, 0.2) is 0 Å². The minimum absolute atomic E-state index is 0.0407. The number of nitrogens with one attached hydrogen (secondary N) is 1. The van der Waals surface area contributed by atoms with E-state index in [2.05, 4.69) is 4.72 Å². The molecule has 1 unspecified atom stereocenters. The fourth-order valence-corrected chi connectivity index (χ4v) is 5.97. The first-order valence-electron chi connectivity index (χ1n) is 5.98. The predicted molar refractivity (Wildman–Crippen MR) is 81.1 cm³/mol. The van der Waals surface area contributed by atoms with Crippen LogP contribution in [-0.2, 0) is 14.8 Å². The molecule has 0 saturated carbocycles. The first-order valence-corrected chi connectivity index (χ1v) is 9.81. The average Bonchev–Trinajstić information content (AvgIpc) is 2.84. The standard InChI is InChI=1S/C11H14ClNO4S3/c12-8-1-2-9(19-8)20(16,17)13-10(11(14)15)7-3-5-18-6-4-7/h1-2,7,10,13H,3-6H2,(H,14,15). The van der Waals surface area contributed by atoms with Gasteiger partial charge >= 0.3 is 5.97 Å². The van der Waals surface area contributed by atoms with Gasteiger partial charge in [0.05, 0.1) is 4.34 Å². The Morgan fingerprint density at radius 3 is 2.55 bits per heavy atom. The van der Waals surface area contributed by atoms with Crippen LogP contribution in [0.4, 0.5) is 0 Å². The second-order valence-electron chi connectivity index (χ2n) is 4.45. The molecule has 2 rings (SSSR count). The van der Waals surface area contributed by atoms with Gasteiger partial charge in [0.1, 0.15) is 10.3 Å². The maximum atomic E-state index is 12.2. The van der Waals surface area contributed by atoms with Crippen molar-refractivity contribution in [3.63, 3.8) is 0 Å². The van der Waals surface area contributed by atoms with Crippen molar-refractivity contribution in [1.29, 1.82) is 0 Å². The van der Waals surface area contributed by atoms with Gasteiger partial charge in [-0.25, -0.2) is 8.42 Å². The van der Waals surface area contributed by atoms with Crippen molar-refractivity contribution >= 4 is 50.7 Å². The number of halogens is 1. The third-order valence-electron chi connectivity index (χ3n) is 3.10. The Bertz CT molecular complexity index is 580. The molecule has 1 fully saturated rings. The fraction of sp³-hybridized carbons (Fsp3) is 0.545. The number of hydrogen-bond donors (Lipinski definition) is 2. The summed E-state index contributed by atoms with van der Waals surface area (Å²) in [5.74, 6) is 0.425. The highest BCUT2D eigenvalue weighted by Gasteiger charge is 2.34. The largest absolute Gasteiger partial charge is 0.480 e. The summed E-state index contributed by atoms with van der Waals surface area (Å²) >= 11 is 8.39. The lowest BCUT2D eigenvalue weighted by Gasteiger charge is -2.27. The van der Waals surface area contributed by atoms with Crippen molar-refractivity contribution in [2.75, 3.05) is 11.5 Å². The van der Waals surface area contributed by atoms with Crippen LogP contribution in [0.25, 0.3) is 0 Å². The molecule has 1 aliphatic rings. The molecule has 0 amide bonds. The molecule has 9 heteroatoms. The molecule has 0 spiro atoms. The summed E-state index contributed by atoms with van der Waals surface area (Å²) in [4.78, 5) is 11.4. The molecule has 1 aromatic heterocycles. The van der Waals surface area contributed by atoms with E-state index in [1.165, 1.54) is 12.1 Å². The molecule has 1 aliphatic heterocycles. The Labute approximate surface area is 130 Å². The van der Waals surface area contributed by atoms with Gasteiger partial charge < -0.3 is 5.11 Å². The van der Waals surface area contributed by atoms with Crippen LogP contribution in [0.3, 0.4) is 0 Å². The summed E-state index contributed by atoms with van der Waals surface area (Å²) < 4.78 is 27.1. The van der Waals surface area contributed by atoms with Crippen LogP contribution in [0, 0.1) is 5.92 Å². The van der Waals surface area contributed by atoms with Crippen LogP contribution in [0.1, 0.15) is 12.8 Å². The summed E-state index contributed by atoms with van der Waals surface area (Å²) in [6.07, 6.45) is 1.41. The molecule has 2 N–H and O–H groups in total. The molecule has 0 radical (unpaired) electrons. The van der Waals surface area contributed by atoms with Crippen LogP contribution in [0.2, 0.25) is 4.34 Å². The zero-order valence-electron chi connectivity index (χ0n) is 10.4. The van der Waals surface area contributed by atoms with Crippen molar-refractivity contribution in [2.45, 2.75) is 23.1 Å². The second-order valence-corrected chi connectivity index (χ2v) is 9.33. The maximum Gasteiger partial charge on any atom is 0.322 e. The monoisotopic (exact) mass is 355 g/mol. The molecule has 1 atom stereocenters. The first kappa shape index (κ1) is 16.1. The Morgan fingerprint density at radius 1 is 1.40 bits per heavy atom. The molecule has 112 valence electrons. The van der Waals surface area contributed by atoms with Gasteiger partial charge in [0.2, 0.25) is 0 Å². The van der Waals surface area contributed by atoms with E-state index >= 15 is 0 Å². The SMILES string of the molecule is O=C(O)C(NS(=O)(=O)c1ccc(Cl)s1)C1CCSCC1.